The third-order valence-corrected chi connectivity index (χ3v) is 8.13. The molecule has 33 heavy (non-hydrogen) atoms. The van der Waals surface area contributed by atoms with Crippen LogP contribution in [0, 0.1) is 0 Å². The molecule has 1 atom stereocenters. The number of rotatable bonds is 5. The number of aromatic hydroxyl groups is 2. The number of piperidine rings is 1. The van der Waals surface area contributed by atoms with E-state index in [1.54, 1.807) is 23.5 Å². The van der Waals surface area contributed by atoms with E-state index in [1.807, 2.05) is 24.3 Å². The van der Waals surface area contributed by atoms with Crippen LogP contribution < -0.4 is 4.74 Å². The molecule has 1 aromatic heterocycles. The summed E-state index contributed by atoms with van der Waals surface area (Å²) >= 11 is 1.68. The molecule has 3 aromatic carbocycles. The number of fused-ring (bicyclic) bond motifs is 5. The van der Waals surface area contributed by atoms with Crippen LogP contribution in [0.3, 0.4) is 0 Å². The van der Waals surface area contributed by atoms with Gasteiger partial charge in [0.1, 0.15) is 23.9 Å². The summed E-state index contributed by atoms with van der Waals surface area (Å²) in [4.78, 5) is 3.66. The Kier molecular flexibility index (Phi) is 5.24. The molecule has 4 aromatic rings. The average Bonchev–Trinajstić information content (AvgIpc) is 3.34. The summed E-state index contributed by atoms with van der Waals surface area (Å²) in [7, 11) is 0. The Labute approximate surface area is 197 Å². The molecule has 0 spiro atoms. The van der Waals surface area contributed by atoms with Gasteiger partial charge in [-0.15, -0.1) is 11.3 Å². The normalized spacial score (nSPS) is 17.8. The zero-order valence-corrected chi connectivity index (χ0v) is 19.3. The first-order chi connectivity index (χ1) is 16.2. The summed E-state index contributed by atoms with van der Waals surface area (Å²) in [5.41, 5.74) is 4.76. The molecule has 1 aliphatic heterocycles. The summed E-state index contributed by atoms with van der Waals surface area (Å²) in [6.07, 6.45) is 3.95. The van der Waals surface area contributed by atoms with E-state index in [4.69, 9.17) is 4.74 Å². The highest BCUT2D eigenvalue weighted by Gasteiger charge is 2.34. The predicted molar refractivity (Wildman–Crippen MR) is 134 cm³/mol. The Bertz CT molecular complexity index is 1300. The number of benzene rings is 3. The summed E-state index contributed by atoms with van der Waals surface area (Å²) in [5, 5.41) is 21.3. The smallest absolute Gasteiger partial charge is 0.119 e. The molecule has 0 saturated carbocycles. The van der Waals surface area contributed by atoms with Crippen molar-refractivity contribution in [3.05, 3.63) is 77.4 Å². The van der Waals surface area contributed by atoms with Crippen molar-refractivity contribution < 1.29 is 14.9 Å². The van der Waals surface area contributed by atoms with Crippen LogP contribution in [0.2, 0.25) is 0 Å². The van der Waals surface area contributed by atoms with Gasteiger partial charge in [-0.2, -0.15) is 0 Å². The molecule has 1 fully saturated rings. The number of likely N-dealkylation sites (tertiary alicyclic amines) is 1. The Hall–Kier alpha value is -3.02. The van der Waals surface area contributed by atoms with Crippen molar-refractivity contribution in [1.82, 2.24) is 4.90 Å². The molecule has 1 aliphatic carbocycles. The Morgan fingerprint density at radius 2 is 1.64 bits per heavy atom. The molecule has 2 aliphatic rings. The SMILES string of the molecule is Oc1ccc2c(c1)-c1sc3cc(O)ccc3c1C2c1ccc(OCCN2CCCCC2)cc1. The average molecular weight is 458 g/mol. The fraction of sp³-hybridized carbons (Fsp3) is 0.286. The van der Waals surface area contributed by atoms with E-state index in [2.05, 4.69) is 29.2 Å². The van der Waals surface area contributed by atoms with Crippen molar-refractivity contribution in [2.75, 3.05) is 26.2 Å². The lowest BCUT2D eigenvalue weighted by atomic mass is 9.88. The zero-order valence-electron chi connectivity index (χ0n) is 18.5. The van der Waals surface area contributed by atoms with Gasteiger partial charge in [-0.25, -0.2) is 0 Å². The first kappa shape index (κ1) is 20.6. The molecule has 1 saturated heterocycles. The molecule has 2 heterocycles. The maximum Gasteiger partial charge on any atom is 0.119 e. The molecule has 0 amide bonds. The van der Waals surface area contributed by atoms with Crippen molar-refractivity contribution >= 4 is 21.4 Å². The van der Waals surface area contributed by atoms with Crippen LogP contribution in [-0.2, 0) is 0 Å². The first-order valence-electron chi connectivity index (χ1n) is 11.7. The summed E-state index contributed by atoms with van der Waals surface area (Å²) in [6, 6.07) is 19.7. The molecule has 4 nitrogen and oxygen atoms in total. The van der Waals surface area contributed by atoms with Crippen molar-refractivity contribution in [2.45, 2.75) is 25.2 Å². The Balaban J connectivity index is 1.30. The lowest BCUT2D eigenvalue weighted by Gasteiger charge is -2.26. The second-order valence-electron chi connectivity index (χ2n) is 9.05. The molecule has 1 unspecified atom stereocenters. The molecular weight excluding hydrogens is 430 g/mol. The van der Waals surface area contributed by atoms with E-state index in [0.29, 0.717) is 6.61 Å². The van der Waals surface area contributed by atoms with E-state index in [9.17, 15) is 10.2 Å². The molecule has 168 valence electrons. The van der Waals surface area contributed by atoms with Gasteiger partial charge in [0, 0.05) is 22.0 Å². The second kappa shape index (κ2) is 8.40. The minimum absolute atomic E-state index is 0.0938. The van der Waals surface area contributed by atoms with Crippen molar-refractivity contribution in [3.63, 3.8) is 0 Å². The summed E-state index contributed by atoms with van der Waals surface area (Å²) < 4.78 is 7.12. The number of hydrogen-bond acceptors (Lipinski definition) is 5. The van der Waals surface area contributed by atoms with E-state index in [0.717, 1.165) is 27.9 Å². The highest BCUT2D eigenvalue weighted by molar-refractivity contribution is 7.22. The largest absolute Gasteiger partial charge is 0.508 e. The second-order valence-corrected chi connectivity index (χ2v) is 10.1. The third-order valence-electron chi connectivity index (χ3n) is 6.93. The van der Waals surface area contributed by atoms with Crippen LogP contribution in [-0.4, -0.2) is 41.4 Å². The third kappa shape index (κ3) is 3.75. The van der Waals surface area contributed by atoms with E-state index < -0.39 is 0 Å². The minimum Gasteiger partial charge on any atom is -0.508 e. The number of nitrogens with zero attached hydrogens (tertiary/aromatic N) is 1. The van der Waals surface area contributed by atoms with Crippen molar-refractivity contribution in [3.8, 4) is 27.7 Å². The highest BCUT2D eigenvalue weighted by atomic mass is 32.1. The van der Waals surface area contributed by atoms with Gasteiger partial charge in [0.05, 0.1) is 0 Å². The fourth-order valence-electron chi connectivity index (χ4n) is 5.32. The van der Waals surface area contributed by atoms with Gasteiger partial charge in [0.15, 0.2) is 0 Å². The Morgan fingerprint density at radius 1 is 0.879 bits per heavy atom. The maximum absolute atomic E-state index is 10.2. The van der Waals surface area contributed by atoms with Gasteiger partial charge in [0.2, 0.25) is 0 Å². The number of phenolic OH excluding ortho intramolecular Hbond substituents is 2. The van der Waals surface area contributed by atoms with Gasteiger partial charge < -0.3 is 14.9 Å². The van der Waals surface area contributed by atoms with Crippen molar-refractivity contribution in [1.29, 1.82) is 0 Å². The summed E-state index contributed by atoms with van der Waals surface area (Å²) in [6.45, 7) is 4.08. The van der Waals surface area contributed by atoms with Crippen LogP contribution >= 0.6 is 11.3 Å². The van der Waals surface area contributed by atoms with Gasteiger partial charge in [0.25, 0.3) is 0 Å². The standard InChI is InChI=1S/C28H27NO3S/c30-19-6-10-22-24(16-19)28-27(23-11-7-20(31)17-25(23)33-28)26(22)18-4-8-21(9-5-18)32-15-14-29-12-2-1-3-13-29/h4-11,16-17,26,30-31H,1-3,12-15H2. The molecule has 2 N–H and O–H groups in total. The lowest BCUT2D eigenvalue weighted by Crippen LogP contribution is -2.33. The van der Waals surface area contributed by atoms with Crippen LogP contribution in [0.5, 0.6) is 17.2 Å². The van der Waals surface area contributed by atoms with Crippen LogP contribution in [0.4, 0.5) is 0 Å². The molecular formula is C28H27NO3S. The highest BCUT2D eigenvalue weighted by Crippen LogP contribution is 2.55. The number of hydrogen-bond donors (Lipinski definition) is 2. The van der Waals surface area contributed by atoms with Gasteiger partial charge in [-0.05, 0) is 96.0 Å². The Morgan fingerprint density at radius 3 is 2.45 bits per heavy atom. The zero-order chi connectivity index (χ0) is 22.4. The van der Waals surface area contributed by atoms with Crippen molar-refractivity contribution in [2.24, 2.45) is 0 Å². The minimum atomic E-state index is 0.0938. The fourth-order valence-corrected chi connectivity index (χ4v) is 6.63. The topological polar surface area (TPSA) is 52.9 Å². The first-order valence-corrected chi connectivity index (χ1v) is 12.5. The lowest BCUT2D eigenvalue weighted by molar-refractivity contribution is 0.183. The quantitative estimate of drug-likeness (QED) is 0.323. The van der Waals surface area contributed by atoms with Gasteiger partial charge in [-0.1, -0.05) is 24.6 Å². The van der Waals surface area contributed by atoms with Crippen LogP contribution in [0.15, 0.2) is 60.7 Å². The molecule has 5 heteroatoms. The molecule has 0 radical (unpaired) electrons. The van der Waals surface area contributed by atoms with Crippen LogP contribution in [0.25, 0.3) is 20.5 Å². The monoisotopic (exact) mass is 457 g/mol. The molecule has 6 rings (SSSR count). The van der Waals surface area contributed by atoms with E-state index in [1.165, 1.54) is 53.9 Å². The van der Waals surface area contributed by atoms with E-state index in [-0.39, 0.29) is 17.4 Å². The number of phenols is 2. The van der Waals surface area contributed by atoms with Crippen LogP contribution in [0.1, 0.15) is 41.9 Å². The molecule has 0 bridgehead atoms. The predicted octanol–water partition coefficient (Wildman–Crippen LogP) is 6.34. The summed E-state index contributed by atoms with van der Waals surface area (Å²) in [5.74, 6) is 1.55. The van der Waals surface area contributed by atoms with E-state index >= 15 is 0 Å². The maximum atomic E-state index is 10.2. The number of ether oxygens (including phenoxy) is 1. The van der Waals surface area contributed by atoms with Gasteiger partial charge >= 0.3 is 0 Å². The van der Waals surface area contributed by atoms with Gasteiger partial charge in [-0.3, -0.25) is 4.90 Å². The number of thiophene rings is 1.